The Bertz CT molecular complexity index is 827. The molecule has 1 unspecified atom stereocenters. The van der Waals surface area contributed by atoms with Gasteiger partial charge in [-0.25, -0.2) is 4.79 Å². The van der Waals surface area contributed by atoms with E-state index < -0.39 is 11.2 Å². The first kappa shape index (κ1) is 21.0. The van der Waals surface area contributed by atoms with Gasteiger partial charge in [-0.2, -0.15) is 5.10 Å². The van der Waals surface area contributed by atoms with E-state index in [4.69, 9.17) is 4.74 Å². The molecule has 29 heavy (non-hydrogen) atoms. The van der Waals surface area contributed by atoms with Crippen molar-refractivity contribution < 1.29 is 19.1 Å². The number of benzene rings is 1. The largest absolute Gasteiger partial charge is 0.462 e. The van der Waals surface area contributed by atoms with Crippen LogP contribution in [0.5, 0.6) is 0 Å². The summed E-state index contributed by atoms with van der Waals surface area (Å²) in [7, 11) is 0. The molecule has 1 aromatic carbocycles. The van der Waals surface area contributed by atoms with Crippen LogP contribution in [0.25, 0.3) is 0 Å². The summed E-state index contributed by atoms with van der Waals surface area (Å²) in [5.74, 6) is -0.945. The van der Waals surface area contributed by atoms with Crippen molar-refractivity contribution in [2.45, 2.75) is 50.7 Å². The zero-order chi connectivity index (χ0) is 20.6. The molecule has 2 N–H and O–H groups in total. The van der Waals surface area contributed by atoms with Crippen LogP contribution >= 0.6 is 11.8 Å². The standard InChI is InChI=1S/C20H24N4O4S/c1-2-28-19(27)13-8-10-14(11-9-13)21-17(25)12-16-18(26)22-20(29-16)24-23-15-6-4-3-5-7-15/h8-11,16H,2-7,12H2,1H3,(H,21,25)(H,22,24,26). The average molecular weight is 417 g/mol. The molecule has 3 rings (SSSR count). The molecule has 1 saturated carbocycles. The normalized spacial score (nSPS) is 20.3. The molecule has 2 fully saturated rings. The fourth-order valence-corrected chi connectivity index (χ4v) is 3.96. The summed E-state index contributed by atoms with van der Waals surface area (Å²) in [4.78, 5) is 36.0. The van der Waals surface area contributed by atoms with Crippen LogP contribution in [0.3, 0.4) is 0 Å². The van der Waals surface area contributed by atoms with Crippen LogP contribution in [-0.2, 0) is 14.3 Å². The monoisotopic (exact) mass is 416 g/mol. The van der Waals surface area contributed by atoms with Crippen molar-refractivity contribution in [3.05, 3.63) is 29.8 Å². The van der Waals surface area contributed by atoms with Gasteiger partial charge in [-0.3, -0.25) is 9.59 Å². The summed E-state index contributed by atoms with van der Waals surface area (Å²) in [6, 6.07) is 6.41. The number of anilines is 1. The summed E-state index contributed by atoms with van der Waals surface area (Å²) in [6.45, 7) is 2.04. The predicted octanol–water partition coefficient (Wildman–Crippen LogP) is 3.10. The predicted molar refractivity (Wildman–Crippen MR) is 113 cm³/mol. The number of nitrogens with one attached hydrogen (secondary N) is 2. The maximum atomic E-state index is 12.3. The van der Waals surface area contributed by atoms with Gasteiger partial charge in [0.15, 0.2) is 5.17 Å². The van der Waals surface area contributed by atoms with E-state index in [0.29, 0.717) is 23.0 Å². The smallest absolute Gasteiger partial charge is 0.338 e. The number of nitrogens with zero attached hydrogens (tertiary/aromatic N) is 2. The van der Waals surface area contributed by atoms with Gasteiger partial charge in [0.1, 0.15) is 5.25 Å². The van der Waals surface area contributed by atoms with Crippen molar-refractivity contribution in [2.24, 2.45) is 10.2 Å². The molecule has 1 aliphatic carbocycles. The molecule has 1 aliphatic heterocycles. The van der Waals surface area contributed by atoms with Gasteiger partial charge < -0.3 is 15.4 Å². The number of carbonyl (C=O) groups is 3. The molecule has 9 heteroatoms. The first-order valence-electron chi connectivity index (χ1n) is 9.73. The molecule has 2 aliphatic rings. The Kier molecular flexibility index (Phi) is 7.40. The number of amides is 2. The maximum absolute atomic E-state index is 12.3. The van der Waals surface area contributed by atoms with Crippen molar-refractivity contribution in [3.8, 4) is 0 Å². The lowest BCUT2D eigenvalue weighted by Crippen LogP contribution is -2.28. The fourth-order valence-electron chi connectivity index (χ4n) is 3.05. The van der Waals surface area contributed by atoms with Crippen LogP contribution in [0.15, 0.2) is 34.5 Å². The zero-order valence-electron chi connectivity index (χ0n) is 16.3. The first-order chi connectivity index (χ1) is 14.0. The second kappa shape index (κ2) is 10.2. The summed E-state index contributed by atoms with van der Waals surface area (Å²) < 4.78 is 4.92. The highest BCUT2D eigenvalue weighted by Gasteiger charge is 2.32. The number of hydrogen-bond donors (Lipinski definition) is 2. The molecule has 1 heterocycles. The van der Waals surface area contributed by atoms with E-state index in [2.05, 4.69) is 20.8 Å². The van der Waals surface area contributed by atoms with Gasteiger partial charge in [-0.15, -0.1) is 5.10 Å². The highest BCUT2D eigenvalue weighted by molar-refractivity contribution is 8.15. The Morgan fingerprint density at radius 1 is 1.17 bits per heavy atom. The van der Waals surface area contributed by atoms with Crippen LogP contribution in [0.2, 0.25) is 0 Å². The van der Waals surface area contributed by atoms with Crippen molar-refractivity contribution in [2.75, 3.05) is 11.9 Å². The van der Waals surface area contributed by atoms with Crippen LogP contribution in [0.4, 0.5) is 5.69 Å². The van der Waals surface area contributed by atoms with Gasteiger partial charge in [-0.1, -0.05) is 18.2 Å². The minimum absolute atomic E-state index is 0.0196. The van der Waals surface area contributed by atoms with Crippen LogP contribution in [0, 0.1) is 0 Å². The van der Waals surface area contributed by atoms with E-state index in [9.17, 15) is 14.4 Å². The van der Waals surface area contributed by atoms with Crippen LogP contribution < -0.4 is 10.6 Å². The Morgan fingerprint density at radius 3 is 2.59 bits per heavy atom. The average Bonchev–Trinajstić information content (AvgIpc) is 3.07. The fraction of sp³-hybridized carbons (Fsp3) is 0.450. The molecule has 1 aromatic rings. The number of carbonyl (C=O) groups excluding carboxylic acids is 3. The lowest BCUT2D eigenvalue weighted by atomic mass is 9.99. The Morgan fingerprint density at radius 2 is 1.90 bits per heavy atom. The Labute approximate surface area is 173 Å². The molecule has 2 amide bonds. The SMILES string of the molecule is CCOC(=O)c1ccc(NC(=O)CC2S/C(=N\N=C3CCCCC3)NC2=O)cc1. The molecule has 0 aromatic heterocycles. The highest BCUT2D eigenvalue weighted by Crippen LogP contribution is 2.24. The maximum Gasteiger partial charge on any atom is 0.338 e. The second-order valence-electron chi connectivity index (χ2n) is 6.78. The van der Waals surface area contributed by atoms with E-state index in [1.165, 1.54) is 18.2 Å². The van der Waals surface area contributed by atoms with Crippen LogP contribution in [0.1, 0.15) is 55.8 Å². The lowest BCUT2D eigenvalue weighted by molar-refractivity contribution is -0.122. The number of hydrogen-bond acceptors (Lipinski definition) is 7. The van der Waals surface area contributed by atoms with Gasteiger partial charge in [-0.05, 0) is 56.9 Å². The van der Waals surface area contributed by atoms with E-state index in [1.54, 1.807) is 31.2 Å². The van der Waals surface area contributed by atoms with Gasteiger partial charge in [0.05, 0.1) is 12.2 Å². The van der Waals surface area contributed by atoms with Gasteiger partial charge in [0.25, 0.3) is 0 Å². The van der Waals surface area contributed by atoms with Crippen molar-refractivity contribution in [1.29, 1.82) is 0 Å². The molecular weight excluding hydrogens is 392 g/mol. The summed E-state index contributed by atoms with van der Waals surface area (Å²) in [5, 5.41) is 13.7. The molecular formula is C20H24N4O4S. The lowest BCUT2D eigenvalue weighted by Gasteiger charge is -2.10. The van der Waals surface area contributed by atoms with E-state index in [0.717, 1.165) is 31.4 Å². The molecule has 1 saturated heterocycles. The summed E-state index contributed by atoms with van der Waals surface area (Å²) in [5.41, 5.74) is 2.02. The molecule has 0 spiro atoms. The third-order valence-corrected chi connectivity index (χ3v) is 5.61. The number of ether oxygens (including phenoxy) is 1. The Hall–Kier alpha value is -2.68. The minimum Gasteiger partial charge on any atom is -0.462 e. The van der Waals surface area contributed by atoms with Crippen molar-refractivity contribution >= 4 is 46.1 Å². The number of amidine groups is 1. The molecule has 154 valence electrons. The highest BCUT2D eigenvalue weighted by atomic mass is 32.2. The van der Waals surface area contributed by atoms with Gasteiger partial charge in [0.2, 0.25) is 11.8 Å². The molecule has 1 atom stereocenters. The van der Waals surface area contributed by atoms with Crippen molar-refractivity contribution in [3.63, 3.8) is 0 Å². The molecule has 8 nitrogen and oxygen atoms in total. The van der Waals surface area contributed by atoms with E-state index in [1.807, 2.05) is 0 Å². The minimum atomic E-state index is -0.542. The Balaban J connectivity index is 1.51. The first-order valence-corrected chi connectivity index (χ1v) is 10.6. The topological polar surface area (TPSA) is 109 Å². The second-order valence-corrected chi connectivity index (χ2v) is 7.97. The van der Waals surface area contributed by atoms with E-state index in [-0.39, 0.29) is 18.2 Å². The molecule has 0 radical (unpaired) electrons. The van der Waals surface area contributed by atoms with Crippen LogP contribution in [-0.4, -0.2) is 40.5 Å². The molecule has 0 bridgehead atoms. The number of thioether (sulfide) groups is 1. The quantitative estimate of drug-likeness (QED) is 0.547. The van der Waals surface area contributed by atoms with Crippen molar-refractivity contribution in [1.82, 2.24) is 5.32 Å². The summed E-state index contributed by atoms with van der Waals surface area (Å²) >= 11 is 1.22. The number of esters is 1. The van der Waals surface area contributed by atoms with Gasteiger partial charge >= 0.3 is 5.97 Å². The summed E-state index contributed by atoms with van der Waals surface area (Å²) in [6.07, 6.45) is 5.42. The third-order valence-electron chi connectivity index (χ3n) is 4.54. The van der Waals surface area contributed by atoms with Gasteiger partial charge in [0, 0.05) is 17.8 Å². The third kappa shape index (κ3) is 6.15. The number of rotatable bonds is 6. The zero-order valence-corrected chi connectivity index (χ0v) is 17.1. The van der Waals surface area contributed by atoms with E-state index >= 15 is 0 Å².